The molecule has 1 N–H and O–H groups in total. The molecule has 1 amide bonds. The fourth-order valence-corrected chi connectivity index (χ4v) is 7.76. The quantitative estimate of drug-likeness (QED) is 0.266. The number of fused-ring (bicyclic) bond motifs is 5. The normalized spacial score (nSPS) is 14.0. The molecule has 5 heterocycles. The van der Waals surface area contributed by atoms with Crippen LogP contribution in [-0.4, -0.2) is 71.4 Å². The SMILES string of the molecule is COc1cc2c(cc1Nc1nc3c(ccn3S(=O)(=O)c3ccc(C)cc3)c3nc4ccsc4c(=O)n13)N(C(=O)[C@@H](C)N(C)C)CC2. The van der Waals surface area contributed by atoms with Crippen LogP contribution in [0.1, 0.15) is 18.1 Å². The number of anilines is 3. The van der Waals surface area contributed by atoms with Crippen LogP contribution < -0.4 is 20.5 Å². The molecular weight excluding hydrogens is 627 g/mol. The summed E-state index contributed by atoms with van der Waals surface area (Å²) >= 11 is 1.26. The minimum absolute atomic E-state index is 0.0375. The molecule has 0 spiro atoms. The average Bonchev–Trinajstić information content (AvgIpc) is 3.78. The van der Waals surface area contributed by atoms with Crippen LogP contribution in [-0.2, 0) is 21.2 Å². The summed E-state index contributed by atoms with van der Waals surface area (Å²) in [6.45, 7) is 4.27. The number of nitrogens with zero attached hydrogens (tertiary/aromatic N) is 6. The number of likely N-dealkylation sites (N-methyl/N-ethyl adjacent to an activating group) is 1. The minimum Gasteiger partial charge on any atom is -0.495 e. The third-order valence-electron chi connectivity index (χ3n) is 8.49. The molecule has 1 atom stereocenters. The number of aryl methyl sites for hydroxylation is 1. The van der Waals surface area contributed by atoms with Gasteiger partial charge in [0.05, 0.1) is 34.6 Å². The summed E-state index contributed by atoms with van der Waals surface area (Å²) in [6, 6.07) is 13.3. The first kappa shape index (κ1) is 29.9. The summed E-state index contributed by atoms with van der Waals surface area (Å²) in [4.78, 5) is 40.5. The molecule has 1 aliphatic rings. The first-order valence-corrected chi connectivity index (χ1v) is 16.9. The van der Waals surface area contributed by atoms with Crippen LogP contribution in [0.2, 0.25) is 0 Å². The smallest absolute Gasteiger partial charge is 0.278 e. The Labute approximate surface area is 268 Å². The van der Waals surface area contributed by atoms with Gasteiger partial charge in [-0.25, -0.2) is 21.8 Å². The van der Waals surface area contributed by atoms with Crippen LogP contribution in [0.5, 0.6) is 5.75 Å². The van der Waals surface area contributed by atoms with Crippen molar-refractivity contribution in [3.8, 4) is 5.75 Å². The number of thiophene rings is 1. The zero-order valence-electron chi connectivity index (χ0n) is 25.8. The second kappa shape index (κ2) is 10.9. The molecule has 7 rings (SSSR count). The molecule has 0 saturated heterocycles. The van der Waals surface area contributed by atoms with Gasteiger partial charge in [0.15, 0.2) is 11.3 Å². The summed E-state index contributed by atoms with van der Waals surface area (Å²) < 4.78 is 36.3. The van der Waals surface area contributed by atoms with Crippen LogP contribution in [0.3, 0.4) is 0 Å². The van der Waals surface area contributed by atoms with E-state index in [1.54, 1.807) is 46.7 Å². The molecule has 6 aromatic rings. The summed E-state index contributed by atoms with van der Waals surface area (Å²) in [5, 5.41) is 5.42. The van der Waals surface area contributed by atoms with Gasteiger partial charge in [-0.2, -0.15) is 4.98 Å². The van der Waals surface area contributed by atoms with Crippen LogP contribution in [0, 0.1) is 6.92 Å². The molecule has 0 unspecified atom stereocenters. The van der Waals surface area contributed by atoms with Gasteiger partial charge in [0, 0.05) is 18.4 Å². The van der Waals surface area contributed by atoms with Gasteiger partial charge in [0.2, 0.25) is 11.9 Å². The second-order valence-electron chi connectivity index (χ2n) is 11.5. The molecular formula is C32H31N7O5S2. The lowest BCUT2D eigenvalue weighted by Crippen LogP contribution is -2.43. The van der Waals surface area contributed by atoms with E-state index in [4.69, 9.17) is 14.7 Å². The molecule has 12 nitrogen and oxygen atoms in total. The van der Waals surface area contributed by atoms with E-state index >= 15 is 0 Å². The molecule has 0 bridgehead atoms. The monoisotopic (exact) mass is 657 g/mol. The molecule has 0 fully saturated rings. The Morgan fingerprint density at radius 1 is 1.09 bits per heavy atom. The zero-order chi connectivity index (χ0) is 32.5. The Bertz CT molecular complexity index is 2360. The summed E-state index contributed by atoms with van der Waals surface area (Å²) in [5.74, 6) is 0.485. The predicted molar refractivity (Wildman–Crippen MR) is 179 cm³/mol. The third kappa shape index (κ3) is 4.63. The molecule has 4 aromatic heterocycles. The number of carbonyl (C=O) groups excluding carboxylic acids is 1. The minimum atomic E-state index is -4.05. The van der Waals surface area contributed by atoms with Crippen molar-refractivity contribution < 1.29 is 17.9 Å². The Morgan fingerprint density at radius 2 is 1.85 bits per heavy atom. The number of amides is 1. The Morgan fingerprint density at radius 3 is 2.57 bits per heavy atom. The van der Waals surface area contributed by atoms with Crippen molar-refractivity contribution >= 4 is 71.5 Å². The lowest BCUT2D eigenvalue weighted by molar-refractivity contribution is -0.122. The highest BCUT2D eigenvalue weighted by Crippen LogP contribution is 2.39. The van der Waals surface area contributed by atoms with Crippen molar-refractivity contribution in [3.05, 3.63) is 81.6 Å². The van der Waals surface area contributed by atoms with E-state index in [-0.39, 0.29) is 39.6 Å². The zero-order valence-corrected chi connectivity index (χ0v) is 27.4. The predicted octanol–water partition coefficient (Wildman–Crippen LogP) is 4.40. The molecule has 0 saturated carbocycles. The van der Waals surface area contributed by atoms with E-state index < -0.39 is 10.0 Å². The number of methoxy groups -OCH3 is 1. The van der Waals surface area contributed by atoms with Crippen molar-refractivity contribution in [3.63, 3.8) is 0 Å². The Hall–Kier alpha value is -4.79. The van der Waals surface area contributed by atoms with Crippen molar-refractivity contribution in [2.24, 2.45) is 0 Å². The number of hydrogen-bond acceptors (Lipinski definition) is 10. The maximum absolute atomic E-state index is 13.9. The van der Waals surface area contributed by atoms with Crippen molar-refractivity contribution in [1.82, 2.24) is 23.2 Å². The van der Waals surface area contributed by atoms with Crippen LogP contribution in [0.15, 0.2) is 69.8 Å². The molecule has 236 valence electrons. The van der Waals surface area contributed by atoms with Crippen molar-refractivity contribution in [2.45, 2.75) is 31.2 Å². The molecule has 0 aliphatic carbocycles. The van der Waals surface area contributed by atoms with Gasteiger partial charge in [-0.05, 0) is 81.7 Å². The van der Waals surface area contributed by atoms with Crippen LogP contribution >= 0.6 is 11.3 Å². The van der Waals surface area contributed by atoms with Crippen molar-refractivity contribution in [2.75, 3.05) is 38.0 Å². The molecule has 46 heavy (non-hydrogen) atoms. The molecule has 1 aliphatic heterocycles. The first-order valence-electron chi connectivity index (χ1n) is 14.6. The molecule has 0 radical (unpaired) electrons. The number of rotatable bonds is 7. The fraction of sp³-hybridized carbons (Fsp3) is 0.250. The number of hydrogen-bond donors (Lipinski definition) is 1. The second-order valence-corrected chi connectivity index (χ2v) is 14.2. The highest BCUT2D eigenvalue weighted by atomic mass is 32.2. The number of ether oxygens (including phenoxy) is 1. The van der Waals surface area contributed by atoms with E-state index in [0.29, 0.717) is 40.0 Å². The van der Waals surface area contributed by atoms with Gasteiger partial charge >= 0.3 is 0 Å². The summed E-state index contributed by atoms with van der Waals surface area (Å²) in [6.07, 6.45) is 2.08. The van der Waals surface area contributed by atoms with Gasteiger partial charge in [-0.3, -0.25) is 14.5 Å². The molecule has 2 aromatic carbocycles. The average molecular weight is 658 g/mol. The van der Waals surface area contributed by atoms with Gasteiger partial charge in [-0.1, -0.05) is 17.7 Å². The third-order valence-corrected chi connectivity index (χ3v) is 11.1. The van der Waals surface area contributed by atoms with Gasteiger partial charge < -0.3 is 15.0 Å². The van der Waals surface area contributed by atoms with Crippen molar-refractivity contribution in [1.29, 1.82) is 0 Å². The number of aromatic nitrogens is 4. The number of carbonyl (C=O) groups is 1. The van der Waals surface area contributed by atoms with Gasteiger partial charge in [0.1, 0.15) is 10.4 Å². The standard InChI is InChI=1S/C32H31N7O5S2/c1-18-6-8-21(9-7-18)46(42,43)38-14-11-22-28(38)35-32(39-29(22)33-23-12-15-45-27(23)31(39)41)34-24-17-25-20(16-26(24)44-5)10-13-37(25)30(40)19(2)36(3)4/h6-9,11-12,14-17,19H,10,13H2,1-5H3,(H,34,35)/t19-/m1/s1. The van der Waals surface area contributed by atoms with E-state index in [9.17, 15) is 18.0 Å². The highest BCUT2D eigenvalue weighted by Gasteiger charge is 2.31. The van der Waals surface area contributed by atoms with E-state index in [2.05, 4.69) is 5.32 Å². The fourth-order valence-electron chi connectivity index (χ4n) is 5.71. The lowest BCUT2D eigenvalue weighted by atomic mass is 10.1. The summed E-state index contributed by atoms with van der Waals surface area (Å²) in [5.41, 5.74) is 3.55. The van der Waals surface area contributed by atoms with Gasteiger partial charge in [0.25, 0.3) is 15.6 Å². The largest absolute Gasteiger partial charge is 0.495 e. The molecule has 14 heteroatoms. The number of nitrogens with one attached hydrogen (secondary N) is 1. The first-order chi connectivity index (χ1) is 22.0. The Balaban J connectivity index is 1.44. The highest BCUT2D eigenvalue weighted by molar-refractivity contribution is 7.90. The van der Waals surface area contributed by atoms with Crippen LogP contribution in [0.4, 0.5) is 17.3 Å². The topological polar surface area (TPSA) is 131 Å². The number of benzene rings is 2. The maximum Gasteiger partial charge on any atom is 0.278 e. The lowest BCUT2D eigenvalue weighted by Gasteiger charge is -2.26. The van der Waals surface area contributed by atoms with E-state index in [1.807, 2.05) is 45.0 Å². The van der Waals surface area contributed by atoms with Gasteiger partial charge in [-0.15, -0.1) is 11.3 Å². The Kier molecular flexibility index (Phi) is 7.10. The van der Waals surface area contributed by atoms with E-state index in [1.165, 1.54) is 29.0 Å². The maximum atomic E-state index is 13.9. The summed E-state index contributed by atoms with van der Waals surface area (Å²) in [7, 11) is 1.21. The van der Waals surface area contributed by atoms with E-state index in [0.717, 1.165) is 20.8 Å². The van der Waals surface area contributed by atoms with Crippen LogP contribution in [0.25, 0.3) is 26.9 Å².